The largest absolute Gasteiger partial charge is 0.480 e. The Hall–Kier alpha value is -1.17. The third-order valence-corrected chi connectivity index (χ3v) is 3.30. The first-order chi connectivity index (χ1) is 7.80. The van der Waals surface area contributed by atoms with Crippen LogP contribution in [-0.2, 0) is 16.7 Å². The molecule has 0 aliphatic carbocycles. The fourth-order valence-corrected chi connectivity index (χ4v) is 1.89. The predicted molar refractivity (Wildman–Crippen MR) is 59.8 cm³/mol. The van der Waals surface area contributed by atoms with Gasteiger partial charge in [0.05, 0.1) is 10.8 Å². The number of carboxylic acids is 1. The summed E-state index contributed by atoms with van der Waals surface area (Å²) in [5, 5.41) is 8.01. The Balaban J connectivity index is 2.70. The molecular formula is C11H11F3O2S. The summed E-state index contributed by atoms with van der Waals surface area (Å²) >= 11 is 1.09. The van der Waals surface area contributed by atoms with Crippen LogP contribution in [0.4, 0.5) is 13.2 Å². The first kappa shape index (κ1) is 13.9. The molecule has 1 atom stereocenters. The molecule has 94 valence electrons. The summed E-state index contributed by atoms with van der Waals surface area (Å²) in [6.45, 7) is 1.50. The van der Waals surface area contributed by atoms with Crippen LogP contribution >= 0.6 is 11.8 Å². The Morgan fingerprint density at radius 2 is 2.12 bits per heavy atom. The maximum absolute atomic E-state index is 12.4. The van der Waals surface area contributed by atoms with E-state index in [2.05, 4.69) is 0 Å². The second-order valence-electron chi connectivity index (χ2n) is 3.49. The van der Waals surface area contributed by atoms with E-state index in [0.29, 0.717) is 5.56 Å². The molecule has 0 bridgehead atoms. The fraction of sp³-hybridized carbons (Fsp3) is 0.364. The lowest BCUT2D eigenvalue weighted by atomic mass is 10.1. The maximum Gasteiger partial charge on any atom is 0.416 e. The zero-order valence-corrected chi connectivity index (χ0v) is 9.81. The van der Waals surface area contributed by atoms with Gasteiger partial charge in [-0.15, -0.1) is 11.8 Å². The van der Waals surface area contributed by atoms with Gasteiger partial charge in [0.1, 0.15) is 0 Å². The summed E-state index contributed by atoms with van der Waals surface area (Å²) in [6.07, 6.45) is -4.36. The van der Waals surface area contributed by atoms with Crippen LogP contribution in [0.25, 0.3) is 0 Å². The lowest BCUT2D eigenvalue weighted by Crippen LogP contribution is -2.11. The molecule has 0 aromatic heterocycles. The van der Waals surface area contributed by atoms with E-state index in [-0.39, 0.29) is 5.75 Å². The first-order valence-electron chi connectivity index (χ1n) is 4.81. The van der Waals surface area contributed by atoms with E-state index >= 15 is 0 Å². The van der Waals surface area contributed by atoms with Gasteiger partial charge in [0.25, 0.3) is 0 Å². The van der Waals surface area contributed by atoms with E-state index in [1.807, 2.05) is 0 Å². The van der Waals surface area contributed by atoms with Crippen LogP contribution in [0, 0.1) is 0 Å². The lowest BCUT2D eigenvalue weighted by molar-refractivity contribution is -0.138. The van der Waals surface area contributed by atoms with Gasteiger partial charge in [0.15, 0.2) is 0 Å². The molecule has 17 heavy (non-hydrogen) atoms. The van der Waals surface area contributed by atoms with Crippen molar-refractivity contribution in [2.45, 2.75) is 24.1 Å². The van der Waals surface area contributed by atoms with Gasteiger partial charge in [-0.3, -0.25) is 4.79 Å². The molecule has 1 aromatic carbocycles. The highest BCUT2D eigenvalue weighted by atomic mass is 32.2. The molecule has 0 aliphatic heterocycles. The standard InChI is InChI=1S/C11H11F3O2S/c1-7(10(15)16)17-6-8-3-2-4-9(5-8)11(12,13)14/h2-5,7H,6H2,1H3,(H,15,16). The van der Waals surface area contributed by atoms with Crippen LogP contribution in [-0.4, -0.2) is 16.3 Å². The number of aliphatic carboxylic acids is 1. The van der Waals surface area contributed by atoms with Crippen LogP contribution in [0.1, 0.15) is 18.1 Å². The molecular weight excluding hydrogens is 253 g/mol. The second-order valence-corrected chi connectivity index (χ2v) is 4.82. The van der Waals surface area contributed by atoms with Crippen molar-refractivity contribution in [1.82, 2.24) is 0 Å². The molecule has 0 radical (unpaired) electrons. The summed E-state index contributed by atoms with van der Waals surface area (Å²) in [4.78, 5) is 10.5. The minimum Gasteiger partial charge on any atom is -0.480 e. The Bertz CT molecular complexity index is 404. The number of carboxylic acid groups (broad SMARTS) is 1. The molecule has 1 rings (SSSR count). The number of alkyl halides is 3. The van der Waals surface area contributed by atoms with Crippen LogP contribution in [0.15, 0.2) is 24.3 Å². The monoisotopic (exact) mass is 264 g/mol. The molecule has 0 fully saturated rings. The van der Waals surface area contributed by atoms with Crippen molar-refractivity contribution >= 4 is 17.7 Å². The van der Waals surface area contributed by atoms with Crippen molar-refractivity contribution in [3.8, 4) is 0 Å². The van der Waals surface area contributed by atoms with E-state index in [4.69, 9.17) is 5.11 Å². The lowest BCUT2D eigenvalue weighted by Gasteiger charge is -2.09. The quantitative estimate of drug-likeness (QED) is 0.905. The summed E-state index contributed by atoms with van der Waals surface area (Å²) in [6, 6.07) is 4.91. The predicted octanol–water partition coefficient (Wildman–Crippen LogP) is 3.41. The summed E-state index contributed by atoms with van der Waals surface area (Å²) in [5.41, 5.74) is -0.239. The summed E-state index contributed by atoms with van der Waals surface area (Å²) in [7, 11) is 0. The number of carbonyl (C=O) groups is 1. The molecule has 0 saturated heterocycles. The van der Waals surface area contributed by atoms with Gasteiger partial charge in [-0.05, 0) is 18.6 Å². The number of hydrogen-bond acceptors (Lipinski definition) is 2. The Morgan fingerprint density at radius 1 is 1.47 bits per heavy atom. The van der Waals surface area contributed by atoms with Gasteiger partial charge in [-0.25, -0.2) is 0 Å². The topological polar surface area (TPSA) is 37.3 Å². The molecule has 1 unspecified atom stereocenters. The zero-order valence-electron chi connectivity index (χ0n) is 8.99. The molecule has 2 nitrogen and oxygen atoms in total. The number of rotatable bonds is 4. The Morgan fingerprint density at radius 3 is 2.65 bits per heavy atom. The van der Waals surface area contributed by atoms with Gasteiger partial charge < -0.3 is 5.11 Å². The van der Waals surface area contributed by atoms with Gasteiger partial charge >= 0.3 is 12.1 Å². The third-order valence-electron chi connectivity index (χ3n) is 2.10. The van der Waals surface area contributed by atoms with Crippen LogP contribution in [0.3, 0.4) is 0 Å². The van der Waals surface area contributed by atoms with Crippen molar-refractivity contribution in [3.05, 3.63) is 35.4 Å². The number of hydrogen-bond donors (Lipinski definition) is 1. The number of thioether (sulfide) groups is 1. The van der Waals surface area contributed by atoms with Crippen LogP contribution in [0.5, 0.6) is 0 Å². The third kappa shape index (κ3) is 4.30. The summed E-state index contributed by atoms with van der Waals surface area (Å²) in [5.74, 6) is -0.723. The zero-order chi connectivity index (χ0) is 13.1. The molecule has 1 N–H and O–H groups in total. The SMILES string of the molecule is CC(SCc1cccc(C(F)(F)F)c1)C(=O)O. The first-order valence-corrected chi connectivity index (χ1v) is 5.86. The van der Waals surface area contributed by atoms with Gasteiger partial charge in [0.2, 0.25) is 0 Å². The van der Waals surface area contributed by atoms with Crippen molar-refractivity contribution in [2.75, 3.05) is 0 Å². The molecule has 0 saturated carbocycles. The van der Waals surface area contributed by atoms with Gasteiger partial charge in [-0.2, -0.15) is 13.2 Å². The Kier molecular flexibility index (Phi) is 4.45. The van der Waals surface area contributed by atoms with Gasteiger partial charge in [-0.1, -0.05) is 18.2 Å². The fourth-order valence-electron chi connectivity index (χ4n) is 1.13. The van der Waals surface area contributed by atoms with Crippen LogP contribution in [0.2, 0.25) is 0 Å². The second kappa shape index (κ2) is 5.44. The highest BCUT2D eigenvalue weighted by Gasteiger charge is 2.30. The smallest absolute Gasteiger partial charge is 0.416 e. The van der Waals surface area contributed by atoms with E-state index in [9.17, 15) is 18.0 Å². The highest BCUT2D eigenvalue weighted by molar-refractivity contribution is 7.99. The van der Waals surface area contributed by atoms with Crippen molar-refractivity contribution < 1.29 is 23.1 Å². The number of halogens is 3. The van der Waals surface area contributed by atoms with E-state index in [1.165, 1.54) is 13.0 Å². The minimum atomic E-state index is -4.36. The maximum atomic E-state index is 12.4. The molecule has 6 heteroatoms. The molecule has 1 aromatic rings. The normalized spacial score (nSPS) is 13.4. The van der Waals surface area contributed by atoms with Crippen LogP contribution < -0.4 is 0 Å². The Labute approximate surface area is 101 Å². The molecule has 0 amide bonds. The number of benzene rings is 1. The van der Waals surface area contributed by atoms with Crippen molar-refractivity contribution in [1.29, 1.82) is 0 Å². The minimum absolute atomic E-state index is 0.247. The van der Waals surface area contributed by atoms with Crippen molar-refractivity contribution in [3.63, 3.8) is 0 Å². The van der Waals surface area contributed by atoms with Crippen molar-refractivity contribution in [2.24, 2.45) is 0 Å². The summed E-state index contributed by atoms with van der Waals surface area (Å²) < 4.78 is 37.2. The van der Waals surface area contributed by atoms with E-state index in [0.717, 1.165) is 23.9 Å². The highest BCUT2D eigenvalue weighted by Crippen LogP contribution is 2.30. The molecule has 0 aliphatic rings. The molecule has 0 heterocycles. The average Bonchev–Trinajstić information content (AvgIpc) is 2.25. The van der Waals surface area contributed by atoms with E-state index < -0.39 is 23.0 Å². The molecule has 0 spiro atoms. The average molecular weight is 264 g/mol. The van der Waals surface area contributed by atoms with E-state index in [1.54, 1.807) is 6.07 Å². The van der Waals surface area contributed by atoms with Gasteiger partial charge in [0, 0.05) is 5.75 Å².